The Bertz CT molecular complexity index is 376. The van der Waals surface area contributed by atoms with Crippen LogP contribution in [0.25, 0.3) is 0 Å². The lowest BCUT2D eigenvalue weighted by molar-refractivity contribution is 0.0919. The van der Waals surface area contributed by atoms with Crippen LogP contribution in [0.3, 0.4) is 0 Å². The SMILES string of the molecule is Cl.Cl.O=C(NC1CC2CCC(C1)N2)c1cscn1. The van der Waals surface area contributed by atoms with Crippen LogP contribution >= 0.6 is 36.2 Å². The predicted molar refractivity (Wildman–Crippen MR) is 77.0 cm³/mol. The molecule has 18 heavy (non-hydrogen) atoms. The van der Waals surface area contributed by atoms with E-state index in [1.54, 1.807) is 10.9 Å². The minimum absolute atomic E-state index is 0. The maximum absolute atomic E-state index is 11.8. The molecule has 0 radical (unpaired) electrons. The molecule has 3 heterocycles. The Morgan fingerprint density at radius 1 is 1.33 bits per heavy atom. The molecule has 0 aromatic carbocycles. The summed E-state index contributed by atoms with van der Waals surface area (Å²) in [6.07, 6.45) is 4.64. The summed E-state index contributed by atoms with van der Waals surface area (Å²) in [6.45, 7) is 0. The highest BCUT2D eigenvalue weighted by Gasteiger charge is 2.34. The summed E-state index contributed by atoms with van der Waals surface area (Å²) >= 11 is 1.46. The molecule has 2 bridgehead atoms. The molecule has 2 N–H and O–H groups in total. The van der Waals surface area contributed by atoms with Gasteiger partial charge in [0.25, 0.3) is 5.91 Å². The first-order valence-electron chi connectivity index (χ1n) is 5.76. The van der Waals surface area contributed by atoms with Crippen LogP contribution in [0.2, 0.25) is 0 Å². The Morgan fingerprint density at radius 3 is 2.56 bits per heavy atom. The van der Waals surface area contributed by atoms with Crippen molar-refractivity contribution in [1.82, 2.24) is 15.6 Å². The third kappa shape index (κ3) is 3.35. The fourth-order valence-electron chi connectivity index (χ4n) is 2.76. The number of piperidine rings is 1. The number of halogens is 2. The second kappa shape index (κ2) is 6.70. The van der Waals surface area contributed by atoms with Gasteiger partial charge in [0.1, 0.15) is 5.69 Å². The number of carbonyl (C=O) groups is 1. The maximum Gasteiger partial charge on any atom is 0.270 e. The maximum atomic E-state index is 11.8. The van der Waals surface area contributed by atoms with Crippen molar-refractivity contribution in [2.24, 2.45) is 0 Å². The largest absolute Gasteiger partial charge is 0.348 e. The lowest BCUT2D eigenvalue weighted by Gasteiger charge is -2.29. The van der Waals surface area contributed by atoms with Crippen LogP contribution in [0.5, 0.6) is 0 Å². The van der Waals surface area contributed by atoms with Crippen LogP contribution in [-0.2, 0) is 0 Å². The summed E-state index contributed by atoms with van der Waals surface area (Å²) in [6, 6.07) is 1.55. The van der Waals surface area contributed by atoms with E-state index in [1.165, 1.54) is 24.2 Å². The van der Waals surface area contributed by atoms with Crippen molar-refractivity contribution in [3.05, 3.63) is 16.6 Å². The van der Waals surface area contributed by atoms with E-state index in [1.807, 2.05) is 0 Å². The van der Waals surface area contributed by atoms with Gasteiger partial charge in [-0.05, 0) is 25.7 Å². The third-order valence-electron chi connectivity index (χ3n) is 3.47. The zero-order valence-electron chi connectivity index (χ0n) is 9.80. The molecule has 7 heteroatoms. The van der Waals surface area contributed by atoms with Gasteiger partial charge >= 0.3 is 0 Å². The fourth-order valence-corrected chi connectivity index (χ4v) is 3.29. The number of hydrogen-bond donors (Lipinski definition) is 2. The van der Waals surface area contributed by atoms with E-state index < -0.39 is 0 Å². The van der Waals surface area contributed by atoms with E-state index in [0.29, 0.717) is 23.8 Å². The van der Waals surface area contributed by atoms with Gasteiger partial charge < -0.3 is 10.6 Å². The van der Waals surface area contributed by atoms with Gasteiger partial charge in [-0.25, -0.2) is 4.98 Å². The van der Waals surface area contributed by atoms with Crippen molar-refractivity contribution < 1.29 is 4.79 Å². The number of nitrogens with one attached hydrogen (secondary N) is 2. The Labute approximate surface area is 123 Å². The van der Waals surface area contributed by atoms with E-state index in [4.69, 9.17) is 0 Å². The summed E-state index contributed by atoms with van der Waals surface area (Å²) < 4.78 is 0. The van der Waals surface area contributed by atoms with Crippen molar-refractivity contribution in [2.75, 3.05) is 0 Å². The smallest absolute Gasteiger partial charge is 0.270 e. The Morgan fingerprint density at radius 2 is 2.00 bits per heavy atom. The van der Waals surface area contributed by atoms with E-state index in [-0.39, 0.29) is 30.7 Å². The molecule has 2 aliphatic heterocycles. The third-order valence-corrected chi connectivity index (χ3v) is 4.06. The Kier molecular flexibility index (Phi) is 5.85. The number of thiazole rings is 1. The molecule has 2 fully saturated rings. The summed E-state index contributed by atoms with van der Waals surface area (Å²) in [7, 11) is 0. The first kappa shape index (κ1) is 15.7. The molecule has 102 valence electrons. The van der Waals surface area contributed by atoms with Crippen LogP contribution in [0.1, 0.15) is 36.2 Å². The molecule has 2 saturated heterocycles. The van der Waals surface area contributed by atoms with Crippen molar-refractivity contribution in [2.45, 2.75) is 43.8 Å². The number of nitrogens with zero attached hydrogens (tertiary/aromatic N) is 1. The predicted octanol–water partition coefficient (Wildman–Crippen LogP) is 2.00. The lowest BCUT2D eigenvalue weighted by Crippen LogP contribution is -2.48. The van der Waals surface area contributed by atoms with Crippen molar-refractivity contribution >= 4 is 42.1 Å². The van der Waals surface area contributed by atoms with Gasteiger partial charge in [0, 0.05) is 23.5 Å². The zero-order valence-corrected chi connectivity index (χ0v) is 12.2. The lowest BCUT2D eigenvalue weighted by atomic mass is 10.00. The second-order valence-corrected chi connectivity index (χ2v) is 5.37. The average Bonchev–Trinajstić information content (AvgIpc) is 2.88. The fraction of sp³-hybridized carbons (Fsp3) is 0.636. The molecule has 4 nitrogen and oxygen atoms in total. The van der Waals surface area contributed by atoms with E-state index in [0.717, 1.165) is 12.8 Å². The van der Waals surface area contributed by atoms with Crippen LogP contribution < -0.4 is 10.6 Å². The van der Waals surface area contributed by atoms with Gasteiger partial charge in [-0.2, -0.15) is 0 Å². The number of aromatic nitrogens is 1. The summed E-state index contributed by atoms with van der Waals surface area (Å²) in [4.78, 5) is 15.8. The molecular weight excluding hydrogens is 293 g/mol. The highest BCUT2D eigenvalue weighted by atomic mass is 35.5. The van der Waals surface area contributed by atoms with Gasteiger partial charge in [0.05, 0.1) is 5.51 Å². The molecule has 3 rings (SSSR count). The first-order chi connectivity index (χ1) is 7.81. The van der Waals surface area contributed by atoms with E-state index in [9.17, 15) is 4.79 Å². The summed E-state index contributed by atoms with van der Waals surface area (Å²) in [5, 5.41) is 8.45. The van der Waals surface area contributed by atoms with Gasteiger partial charge in [0.15, 0.2) is 0 Å². The van der Waals surface area contributed by atoms with Crippen molar-refractivity contribution in [3.63, 3.8) is 0 Å². The number of amides is 1. The van der Waals surface area contributed by atoms with Crippen molar-refractivity contribution in [1.29, 1.82) is 0 Å². The van der Waals surface area contributed by atoms with Crippen LogP contribution in [-0.4, -0.2) is 29.0 Å². The molecule has 2 aliphatic rings. The minimum atomic E-state index is -0.0208. The molecular formula is C11H17Cl2N3OS. The molecule has 0 spiro atoms. The van der Waals surface area contributed by atoms with Crippen LogP contribution in [0, 0.1) is 0 Å². The average molecular weight is 310 g/mol. The van der Waals surface area contributed by atoms with E-state index in [2.05, 4.69) is 15.6 Å². The van der Waals surface area contributed by atoms with Crippen LogP contribution in [0.4, 0.5) is 0 Å². The molecule has 0 aliphatic carbocycles. The summed E-state index contributed by atoms with van der Waals surface area (Å²) in [5.41, 5.74) is 2.25. The highest BCUT2D eigenvalue weighted by Crippen LogP contribution is 2.26. The van der Waals surface area contributed by atoms with Gasteiger partial charge in [-0.15, -0.1) is 36.2 Å². The van der Waals surface area contributed by atoms with Gasteiger partial charge in [0.2, 0.25) is 0 Å². The Hall–Kier alpha value is -0.360. The molecule has 0 saturated carbocycles. The van der Waals surface area contributed by atoms with Crippen molar-refractivity contribution in [3.8, 4) is 0 Å². The molecule has 1 aromatic heterocycles. The standard InChI is InChI=1S/C11H15N3OS.2ClH/c15-11(10-5-16-6-12-10)14-9-3-7-1-2-8(4-9)13-7;;/h5-9,13H,1-4H2,(H,14,15);2*1H. The zero-order chi connectivity index (χ0) is 11.0. The molecule has 1 amide bonds. The van der Waals surface area contributed by atoms with E-state index >= 15 is 0 Å². The molecule has 2 atom stereocenters. The second-order valence-electron chi connectivity index (χ2n) is 4.65. The summed E-state index contributed by atoms with van der Waals surface area (Å²) in [5.74, 6) is -0.0208. The number of carbonyl (C=O) groups excluding carboxylic acids is 1. The Balaban J connectivity index is 0.000000810. The first-order valence-corrected chi connectivity index (χ1v) is 6.70. The van der Waals surface area contributed by atoms with Gasteiger partial charge in [-0.1, -0.05) is 0 Å². The number of rotatable bonds is 2. The molecule has 2 unspecified atom stereocenters. The van der Waals surface area contributed by atoms with Crippen LogP contribution in [0.15, 0.2) is 10.9 Å². The topological polar surface area (TPSA) is 54.0 Å². The monoisotopic (exact) mass is 309 g/mol. The molecule has 1 aromatic rings. The quantitative estimate of drug-likeness (QED) is 0.878. The number of hydrogen-bond acceptors (Lipinski definition) is 4. The normalized spacial score (nSPS) is 29.0. The highest BCUT2D eigenvalue weighted by molar-refractivity contribution is 7.07. The minimum Gasteiger partial charge on any atom is -0.348 e. The number of fused-ring (bicyclic) bond motifs is 2. The van der Waals surface area contributed by atoms with Gasteiger partial charge in [-0.3, -0.25) is 4.79 Å².